The van der Waals surface area contributed by atoms with Gasteiger partial charge in [0.1, 0.15) is 23.2 Å². The Hall–Kier alpha value is -4.94. The van der Waals surface area contributed by atoms with Crippen LogP contribution in [0.2, 0.25) is 0 Å². The number of H-pyrrole nitrogens is 3. The van der Waals surface area contributed by atoms with Gasteiger partial charge in [0, 0.05) is 17.0 Å². The number of allylic oxidation sites excluding steroid dienone is 4. The summed E-state index contributed by atoms with van der Waals surface area (Å²) in [5.41, 5.74) is 10.7. The SMILES string of the molecule is CC.CC(=O)C(C)=C(C)C.CC(=O)C(C)=C(C)C.CC(=O)C(C)C(C)=O.CC(C)=N.Cc1n[nH]c(=O)c(C)c1C.Cc1n[nH]c(C)c1C.Cc1n[nH]c(C)n1. The van der Waals surface area contributed by atoms with Crippen LogP contribution in [-0.2, 0) is 19.2 Å². The van der Waals surface area contributed by atoms with Gasteiger partial charge in [-0.2, -0.15) is 15.3 Å². The number of nitrogens with zero attached hydrogens (tertiary/aromatic N) is 4. The summed E-state index contributed by atoms with van der Waals surface area (Å²) in [4.78, 5) is 56.6. The molecule has 3 aromatic heterocycles. The van der Waals surface area contributed by atoms with E-state index in [1.54, 1.807) is 41.5 Å². The molecule has 0 fully saturated rings. The van der Waals surface area contributed by atoms with E-state index in [0.29, 0.717) is 5.71 Å². The summed E-state index contributed by atoms with van der Waals surface area (Å²) in [6.07, 6.45) is 0. The first-order valence-corrected chi connectivity index (χ1v) is 18.2. The first kappa shape index (κ1) is 59.3. The van der Waals surface area contributed by atoms with Crippen molar-refractivity contribution in [2.24, 2.45) is 5.92 Å². The van der Waals surface area contributed by atoms with Crippen LogP contribution in [0.3, 0.4) is 0 Å². The third kappa shape index (κ3) is 32.2. The van der Waals surface area contributed by atoms with Gasteiger partial charge in [-0.25, -0.2) is 10.1 Å². The van der Waals surface area contributed by atoms with Crippen molar-refractivity contribution >= 4 is 28.8 Å². The second kappa shape index (κ2) is 32.5. The molecule has 0 radical (unpaired) electrons. The van der Waals surface area contributed by atoms with E-state index in [1.807, 2.05) is 96.9 Å². The quantitative estimate of drug-likeness (QED) is 0.113. The maximum absolute atomic E-state index is 10.9. The molecule has 0 atom stereocenters. The Bertz CT molecular complexity index is 1660. The van der Waals surface area contributed by atoms with Crippen molar-refractivity contribution in [3.05, 3.63) is 78.1 Å². The summed E-state index contributed by atoms with van der Waals surface area (Å²) < 4.78 is 0. The lowest BCUT2D eigenvalue weighted by atomic mass is 10.0. The Morgan fingerprint density at radius 1 is 0.545 bits per heavy atom. The third-order valence-corrected chi connectivity index (χ3v) is 7.75. The number of nitrogens with one attached hydrogen (secondary N) is 4. The lowest BCUT2D eigenvalue weighted by Crippen LogP contribution is -2.14. The van der Waals surface area contributed by atoms with Crippen LogP contribution in [0.4, 0.5) is 0 Å². The zero-order valence-electron chi connectivity index (χ0n) is 38.4. The van der Waals surface area contributed by atoms with Gasteiger partial charge in [0.15, 0.2) is 11.6 Å². The van der Waals surface area contributed by atoms with E-state index in [-0.39, 0.29) is 28.7 Å². The van der Waals surface area contributed by atoms with E-state index < -0.39 is 5.92 Å². The molecule has 0 aliphatic rings. The van der Waals surface area contributed by atoms with E-state index in [9.17, 15) is 24.0 Å². The molecule has 0 amide bonds. The van der Waals surface area contributed by atoms with Crippen molar-refractivity contribution in [2.45, 2.75) is 159 Å². The molecule has 13 heteroatoms. The van der Waals surface area contributed by atoms with E-state index in [1.165, 1.54) is 25.1 Å². The topological polar surface area (TPSA) is 208 Å². The highest BCUT2D eigenvalue weighted by molar-refractivity contribution is 5.99. The third-order valence-electron chi connectivity index (χ3n) is 7.75. The molecule has 0 spiro atoms. The fraction of sp³-hybridized carbons (Fsp3) is 0.571. The number of aromatic amines is 3. The van der Waals surface area contributed by atoms with Crippen molar-refractivity contribution < 1.29 is 19.2 Å². The van der Waals surface area contributed by atoms with Crippen LogP contribution in [0.5, 0.6) is 0 Å². The first-order valence-electron chi connectivity index (χ1n) is 18.2. The van der Waals surface area contributed by atoms with Crippen LogP contribution >= 0.6 is 0 Å². The predicted molar refractivity (Wildman–Crippen MR) is 228 cm³/mol. The van der Waals surface area contributed by atoms with Crippen LogP contribution in [0.25, 0.3) is 0 Å². The number of aryl methyl sites for hydroxylation is 5. The van der Waals surface area contributed by atoms with Crippen LogP contribution in [-0.4, -0.2) is 64.4 Å². The molecular formula is C42H74N8O5. The summed E-state index contributed by atoms with van der Waals surface area (Å²) in [7, 11) is 0. The van der Waals surface area contributed by atoms with Crippen molar-refractivity contribution in [1.82, 2.24) is 35.6 Å². The number of ketones is 4. The average Bonchev–Trinajstić information content (AvgIpc) is 3.62. The number of Topliss-reactive ketones (excluding diaryl/α,β-unsaturated/α-hetero) is 4. The number of aromatic nitrogens is 7. The molecule has 3 heterocycles. The predicted octanol–water partition coefficient (Wildman–Crippen LogP) is 9.19. The summed E-state index contributed by atoms with van der Waals surface area (Å²) in [5, 5.41) is 26.1. The highest BCUT2D eigenvalue weighted by Gasteiger charge is 2.11. The summed E-state index contributed by atoms with van der Waals surface area (Å²) in [5.74, 6) is 1.50. The van der Waals surface area contributed by atoms with Gasteiger partial charge in [0.25, 0.3) is 5.56 Å². The van der Waals surface area contributed by atoms with E-state index in [0.717, 1.165) is 56.5 Å². The number of hydrogen-bond donors (Lipinski definition) is 4. The highest BCUT2D eigenvalue weighted by Crippen LogP contribution is 2.05. The number of carbonyl (C=O) groups is 4. The largest absolute Gasteiger partial charge is 0.310 e. The normalized spacial score (nSPS) is 8.87. The molecule has 0 saturated carbocycles. The van der Waals surface area contributed by atoms with Crippen LogP contribution in [0.1, 0.15) is 149 Å². The van der Waals surface area contributed by atoms with Crippen molar-refractivity contribution in [3.63, 3.8) is 0 Å². The molecule has 0 bridgehead atoms. The molecule has 0 aliphatic carbocycles. The van der Waals surface area contributed by atoms with E-state index in [2.05, 4.69) is 42.5 Å². The smallest absolute Gasteiger partial charge is 0.267 e. The number of carbonyl (C=O) groups excluding carboxylic acids is 4. The molecule has 4 N–H and O–H groups in total. The van der Waals surface area contributed by atoms with Crippen LogP contribution in [0, 0.1) is 66.7 Å². The van der Waals surface area contributed by atoms with Gasteiger partial charge in [0.05, 0.1) is 17.3 Å². The van der Waals surface area contributed by atoms with E-state index >= 15 is 0 Å². The van der Waals surface area contributed by atoms with Crippen molar-refractivity contribution in [2.75, 3.05) is 0 Å². The lowest BCUT2D eigenvalue weighted by molar-refractivity contribution is -0.129. The van der Waals surface area contributed by atoms with Gasteiger partial charge in [0.2, 0.25) is 0 Å². The second-order valence-corrected chi connectivity index (χ2v) is 13.2. The highest BCUT2D eigenvalue weighted by atomic mass is 16.2. The molecule has 13 nitrogen and oxygen atoms in total. The minimum atomic E-state index is -0.407. The molecular weight excluding hydrogens is 697 g/mol. The minimum absolute atomic E-state index is 0.0579. The summed E-state index contributed by atoms with van der Waals surface area (Å²) >= 11 is 0. The lowest BCUT2D eigenvalue weighted by Gasteiger charge is -1.98. The van der Waals surface area contributed by atoms with Crippen molar-refractivity contribution in [3.8, 4) is 0 Å². The molecule has 0 saturated heterocycles. The zero-order valence-corrected chi connectivity index (χ0v) is 38.4. The molecule has 0 unspecified atom stereocenters. The summed E-state index contributed by atoms with van der Waals surface area (Å²) in [6.45, 7) is 42.0. The average molecular weight is 771 g/mol. The van der Waals surface area contributed by atoms with Crippen molar-refractivity contribution in [1.29, 1.82) is 5.41 Å². The first-order chi connectivity index (χ1) is 25.0. The minimum Gasteiger partial charge on any atom is -0.310 e. The van der Waals surface area contributed by atoms with Gasteiger partial charge in [-0.15, -0.1) is 0 Å². The molecule has 312 valence electrons. The standard InChI is InChI=1S/C7H10N2O.2C7H12O.C6H10N2.C6H10O2.C4H7N3.C3H7N.C2H6/c1-4-5(2)7(10)9-8-6(4)3;2*1-5(2)6(3)7(4)8;1-4-5(2)7-8-6(4)3;1-4(5(2)7)6(3)8;1-3-5-4(2)7-6-3;1-3(2)4;1-2/h1-3H3,(H,9,10);2*1-4H3;1-3H3,(H,7,8);4H,1-3H3;1-2H3,(H,5,6,7);4H,1-2H3;1-2H3. The molecule has 55 heavy (non-hydrogen) atoms. The van der Waals surface area contributed by atoms with Gasteiger partial charge >= 0.3 is 0 Å². The van der Waals surface area contributed by atoms with Gasteiger partial charge in [-0.05, 0) is 168 Å². The van der Waals surface area contributed by atoms with Gasteiger partial charge < -0.3 is 5.41 Å². The Labute approximate surface area is 331 Å². The second-order valence-electron chi connectivity index (χ2n) is 13.2. The Kier molecular flexibility index (Phi) is 35.1. The Morgan fingerprint density at radius 3 is 1.02 bits per heavy atom. The van der Waals surface area contributed by atoms with Gasteiger partial charge in [-0.1, -0.05) is 25.0 Å². The molecule has 0 aliphatic heterocycles. The monoisotopic (exact) mass is 771 g/mol. The van der Waals surface area contributed by atoms with Crippen LogP contribution in [0.15, 0.2) is 27.1 Å². The maximum Gasteiger partial charge on any atom is 0.267 e. The Balaban J connectivity index is -0.000000177. The van der Waals surface area contributed by atoms with Crippen LogP contribution < -0.4 is 5.56 Å². The van der Waals surface area contributed by atoms with Gasteiger partial charge in [-0.3, -0.25) is 34.2 Å². The van der Waals surface area contributed by atoms with E-state index in [4.69, 9.17) is 5.41 Å². The molecule has 3 aromatic rings. The number of hydrogen-bond acceptors (Lipinski definition) is 10. The zero-order chi connectivity index (χ0) is 44.9. The fourth-order valence-corrected chi connectivity index (χ4v) is 2.80. The fourth-order valence-electron chi connectivity index (χ4n) is 2.80. The number of rotatable bonds is 4. The summed E-state index contributed by atoms with van der Waals surface area (Å²) in [6, 6.07) is 0. The Morgan fingerprint density at radius 2 is 0.891 bits per heavy atom. The molecule has 0 aromatic carbocycles. The molecule has 3 rings (SSSR count). The maximum atomic E-state index is 10.9.